The van der Waals surface area contributed by atoms with Gasteiger partial charge in [0.25, 0.3) is 0 Å². The summed E-state index contributed by atoms with van der Waals surface area (Å²) >= 11 is 0. The van der Waals surface area contributed by atoms with Crippen LogP contribution in [0.2, 0.25) is 0 Å². The van der Waals surface area contributed by atoms with E-state index in [9.17, 15) is 4.79 Å². The first-order chi connectivity index (χ1) is 5.18. The van der Waals surface area contributed by atoms with Crippen LogP contribution in [0, 0.1) is 0 Å². The quantitative estimate of drug-likeness (QED) is 0.527. The van der Waals surface area contributed by atoms with Gasteiger partial charge in [-0.2, -0.15) is 0 Å². The highest BCUT2D eigenvalue weighted by Crippen LogP contribution is 1.93. The Bertz CT molecular complexity index is 147. The lowest BCUT2D eigenvalue weighted by atomic mass is 10.3. The second-order valence-corrected chi connectivity index (χ2v) is 3.06. The van der Waals surface area contributed by atoms with Crippen molar-refractivity contribution in [3.8, 4) is 0 Å². The number of nitrogens with zero attached hydrogens (tertiary/aromatic N) is 1. The van der Waals surface area contributed by atoms with Crippen LogP contribution in [0.25, 0.3) is 0 Å². The zero-order valence-electron chi connectivity index (χ0n) is 6.84. The van der Waals surface area contributed by atoms with Crippen molar-refractivity contribution in [3.05, 3.63) is 0 Å². The van der Waals surface area contributed by atoms with Gasteiger partial charge in [-0.15, -0.1) is 0 Å². The molecule has 11 heavy (non-hydrogen) atoms. The topological polar surface area (TPSA) is 58.4 Å². The summed E-state index contributed by atoms with van der Waals surface area (Å²) in [6, 6.07) is 0.154. The van der Waals surface area contributed by atoms with E-state index in [4.69, 9.17) is 5.73 Å². The average molecular weight is 157 g/mol. The third-order valence-electron chi connectivity index (χ3n) is 1.66. The maximum atomic E-state index is 10.9. The van der Waals surface area contributed by atoms with Crippen LogP contribution >= 0.6 is 0 Å². The van der Waals surface area contributed by atoms with E-state index < -0.39 is 0 Å². The van der Waals surface area contributed by atoms with Crippen LogP contribution in [-0.2, 0) is 4.79 Å². The number of rotatable bonds is 2. The van der Waals surface area contributed by atoms with Gasteiger partial charge in [0, 0.05) is 25.7 Å². The fourth-order valence-electron chi connectivity index (χ4n) is 1.25. The Balaban J connectivity index is 2.28. The summed E-state index contributed by atoms with van der Waals surface area (Å²) in [4.78, 5) is 12.9. The van der Waals surface area contributed by atoms with Crippen LogP contribution in [0.15, 0.2) is 0 Å². The summed E-state index contributed by atoms with van der Waals surface area (Å²) < 4.78 is 0. The molecule has 3 N–H and O–H groups in total. The fourth-order valence-corrected chi connectivity index (χ4v) is 1.25. The zero-order chi connectivity index (χ0) is 8.27. The molecule has 1 heterocycles. The van der Waals surface area contributed by atoms with Crippen LogP contribution in [0.1, 0.15) is 6.92 Å². The predicted octanol–water partition coefficient (Wildman–Crippen LogP) is -1.23. The number of carbonyl (C=O) groups excluding carboxylic acids is 1. The Morgan fingerprint density at radius 2 is 2.55 bits per heavy atom. The Labute approximate surface area is 66.7 Å². The van der Waals surface area contributed by atoms with Gasteiger partial charge in [0.05, 0.1) is 6.54 Å². The van der Waals surface area contributed by atoms with Gasteiger partial charge >= 0.3 is 0 Å². The predicted molar refractivity (Wildman–Crippen MR) is 43.1 cm³/mol. The molecular formula is C7H15N3O. The highest BCUT2D eigenvalue weighted by atomic mass is 16.2. The van der Waals surface area contributed by atoms with Gasteiger partial charge in [0.15, 0.2) is 0 Å². The summed E-state index contributed by atoms with van der Waals surface area (Å²) in [5, 5.41) is 2.76. The lowest BCUT2D eigenvalue weighted by molar-refractivity contribution is -0.124. The molecule has 1 amide bonds. The maximum Gasteiger partial charge on any atom is 0.234 e. The van der Waals surface area contributed by atoms with E-state index in [1.54, 1.807) is 0 Å². The molecular weight excluding hydrogens is 142 g/mol. The molecule has 1 saturated heterocycles. The zero-order valence-corrected chi connectivity index (χ0v) is 6.84. The van der Waals surface area contributed by atoms with Crippen LogP contribution in [0.3, 0.4) is 0 Å². The van der Waals surface area contributed by atoms with E-state index in [2.05, 4.69) is 10.2 Å². The van der Waals surface area contributed by atoms with Crippen molar-refractivity contribution in [2.45, 2.75) is 13.0 Å². The molecule has 1 aliphatic rings. The van der Waals surface area contributed by atoms with Crippen molar-refractivity contribution in [2.75, 3.05) is 26.2 Å². The third-order valence-corrected chi connectivity index (χ3v) is 1.66. The fraction of sp³-hybridized carbons (Fsp3) is 0.857. The molecule has 0 aromatic carbocycles. The van der Waals surface area contributed by atoms with Crippen LogP contribution in [-0.4, -0.2) is 43.0 Å². The number of piperazine rings is 1. The van der Waals surface area contributed by atoms with E-state index in [1.165, 1.54) is 0 Å². The van der Waals surface area contributed by atoms with Crippen molar-refractivity contribution in [3.63, 3.8) is 0 Å². The van der Waals surface area contributed by atoms with Crippen molar-refractivity contribution in [1.82, 2.24) is 10.2 Å². The first-order valence-electron chi connectivity index (χ1n) is 3.93. The summed E-state index contributed by atoms with van der Waals surface area (Å²) in [7, 11) is 0. The van der Waals surface area contributed by atoms with Gasteiger partial charge in [0.1, 0.15) is 0 Å². The SMILES string of the molecule is C[C@H](N)CN1CCNC(=O)C1. The molecule has 64 valence electrons. The lowest BCUT2D eigenvalue weighted by Crippen LogP contribution is -2.50. The normalized spacial score (nSPS) is 22.9. The Kier molecular flexibility index (Phi) is 2.84. The summed E-state index contributed by atoms with van der Waals surface area (Å²) in [5.74, 6) is 0.108. The Morgan fingerprint density at radius 3 is 3.09 bits per heavy atom. The minimum Gasteiger partial charge on any atom is -0.354 e. The van der Waals surface area contributed by atoms with Crippen LogP contribution in [0.4, 0.5) is 0 Å². The number of nitrogens with one attached hydrogen (secondary N) is 1. The minimum absolute atomic E-state index is 0.108. The van der Waals surface area contributed by atoms with Gasteiger partial charge in [0.2, 0.25) is 5.91 Å². The molecule has 1 atom stereocenters. The van der Waals surface area contributed by atoms with E-state index in [0.717, 1.165) is 19.6 Å². The van der Waals surface area contributed by atoms with Crippen molar-refractivity contribution in [1.29, 1.82) is 0 Å². The number of hydrogen-bond acceptors (Lipinski definition) is 3. The number of nitrogens with two attached hydrogens (primary N) is 1. The van der Waals surface area contributed by atoms with E-state index in [-0.39, 0.29) is 11.9 Å². The molecule has 0 spiro atoms. The molecule has 0 aliphatic carbocycles. The van der Waals surface area contributed by atoms with Crippen LogP contribution in [0.5, 0.6) is 0 Å². The Hall–Kier alpha value is -0.610. The van der Waals surface area contributed by atoms with Gasteiger partial charge in [-0.05, 0) is 6.92 Å². The summed E-state index contributed by atoms with van der Waals surface area (Å²) in [6.07, 6.45) is 0. The van der Waals surface area contributed by atoms with Crippen molar-refractivity contribution >= 4 is 5.91 Å². The molecule has 0 radical (unpaired) electrons. The Morgan fingerprint density at radius 1 is 1.82 bits per heavy atom. The van der Waals surface area contributed by atoms with Gasteiger partial charge in [-0.3, -0.25) is 9.69 Å². The number of amides is 1. The second-order valence-electron chi connectivity index (χ2n) is 3.06. The number of hydrogen-bond donors (Lipinski definition) is 2. The van der Waals surface area contributed by atoms with Gasteiger partial charge < -0.3 is 11.1 Å². The van der Waals surface area contributed by atoms with Crippen molar-refractivity contribution in [2.24, 2.45) is 5.73 Å². The van der Waals surface area contributed by atoms with E-state index in [1.807, 2.05) is 6.92 Å². The molecule has 0 aromatic rings. The molecule has 1 aliphatic heterocycles. The first-order valence-corrected chi connectivity index (χ1v) is 3.93. The van der Waals surface area contributed by atoms with Crippen molar-refractivity contribution < 1.29 is 4.79 Å². The standard InChI is InChI=1S/C7H15N3O/c1-6(8)4-10-3-2-9-7(11)5-10/h6H,2-5,8H2,1H3,(H,9,11)/t6-/m0/s1. The highest BCUT2D eigenvalue weighted by molar-refractivity contribution is 5.78. The van der Waals surface area contributed by atoms with Gasteiger partial charge in [-0.1, -0.05) is 0 Å². The lowest BCUT2D eigenvalue weighted by Gasteiger charge is -2.27. The monoisotopic (exact) mass is 157 g/mol. The molecule has 0 bridgehead atoms. The highest BCUT2D eigenvalue weighted by Gasteiger charge is 2.16. The molecule has 0 saturated carbocycles. The van der Waals surface area contributed by atoms with Gasteiger partial charge in [-0.25, -0.2) is 0 Å². The first kappa shape index (κ1) is 8.49. The van der Waals surface area contributed by atoms with E-state index in [0.29, 0.717) is 6.54 Å². The smallest absolute Gasteiger partial charge is 0.234 e. The average Bonchev–Trinajstić information content (AvgIpc) is 1.85. The third kappa shape index (κ3) is 2.86. The molecule has 1 fully saturated rings. The maximum absolute atomic E-state index is 10.9. The summed E-state index contributed by atoms with van der Waals surface area (Å²) in [5.41, 5.74) is 5.60. The van der Waals surface area contributed by atoms with Crippen LogP contribution < -0.4 is 11.1 Å². The molecule has 4 heteroatoms. The minimum atomic E-state index is 0.108. The molecule has 1 rings (SSSR count). The summed E-state index contributed by atoms with van der Waals surface area (Å²) in [6.45, 7) is 4.94. The second kappa shape index (κ2) is 3.69. The largest absolute Gasteiger partial charge is 0.354 e. The molecule has 0 aromatic heterocycles. The van der Waals surface area contributed by atoms with E-state index >= 15 is 0 Å². The number of carbonyl (C=O) groups is 1. The molecule has 4 nitrogen and oxygen atoms in total. The molecule has 0 unspecified atom stereocenters.